The largest absolute Gasteiger partial charge is 0.380 e. The van der Waals surface area contributed by atoms with Gasteiger partial charge in [-0.3, -0.25) is 0 Å². The Kier molecular flexibility index (Phi) is 3.93. The number of aryl methyl sites for hydroxylation is 1. The molecule has 0 unspecified atom stereocenters. The maximum Gasteiger partial charge on any atom is 0.0716 e. The molecule has 13 heavy (non-hydrogen) atoms. The van der Waals surface area contributed by atoms with Crippen LogP contribution >= 0.6 is 0 Å². The van der Waals surface area contributed by atoms with Crippen molar-refractivity contribution in [2.45, 2.75) is 20.1 Å². The standard InChI is InChI=1S/C11H17NO/c1-9-4-5-10(8-13-3)11(6-9)7-12-2/h4-6,12H,7-8H2,1-3H3. The van der Waals surface area contributed by atoms with Crippen molar-refractivity contribution in [1.82, 2.24) is 5.32 Å². The Morgan fingerprint density at radius 1 is 1.31 bits per heavy atom. The number of hydrogen-bond acceptors (Lipinski definition) is 2. The third kappa shape index (κ3) is 2.83. The Morgan fingerprint density at radius 3 is 2.69 bits per heavy atom. The maximum atomic E-state index is 5.13. The van der Waals surface area contributed by atoms with Gasteiger partial charge in [0.15, 0.2) is 0 Å². The summed E-state index contributed by atoms with van der Waals surface area (Å²) in [5.74, 6) is 0. The fourth-order valence-corrected chi connectivity index (χ4v) is 1.41. The molecule has 72 valence electrons. The highest BCUT2D eigenvalue weighted by molar-refractivity contribution is 5.31. The van der Waals surface area contributed by atoms with Crippen LogP contribution in [-0.4, -0.2) is 14.2 Å². The van der Waals surface area contributed by atoms with Crippen molar-refractivity contribution in [3.8, 4) is 0 Å². The van der Waals surface area contributed by atoms with E-state index in [9.17, 15) is 0 Å². The molecular formula is C11H17NO. The topological polar surface area (TPSA) is 21.3 Å². The second kappa shape index (κ2) is 5.00. The molecule has 0 bridgehead atoms. The van der Waals surface area contributed by atoms with Gasteiger partial charge in [0.25, 0.3) is 0 Å². The van der Waals surface area contributed by atoms with Gasteiger partial charge in [0.2, 0.25) is 0 Å². The molecular weight excluding hydrogens is 162 g/mol. The Morgan fingerprint density at radius 2 is 2.08 bits per heavy atom. The molecule has 1 aromatic rings. The van der Waals surface area contributed by atoms with E-state index in [1.165, 1.54) is 16.7 Å². The molecule has 0 heterocycles. The molecule has 1 N–H and O–H groups in total. The van der Waals surface area contributed by atoms with Gasteiger partial charge < -0.3 is 10.1 Å². The van der Waals surface area contributed by atoms with E-state index < -0.39 is 0 Å². The number of hydrogen-bond donors (Lipinski definition) is 1. The van der Waals surface area contributed by atoms with E-state index in [-0.39, 0.29) is 0 Å². The minimum atomic E-state index is 0.692. The lowest BCUT2D eigenvalue weighted by molar-refractivity contribution is 0.184. The molecule has 0 aliphatic rings. The third-order valence-corrected chi connectivity index (χ3v) is 2.03. The highest BCUT2D eigenvalue weighted by atomic mass is 16.5. The summed E-state index contributed by atoms with van der Waals surface area (Å²) in [7, 11) is 3.68. The van der Waals surface area contributed by atoms with Gasteiger partial charge in [-0.05, 0) is 25.1 Å². The molecule has 0 saturated carbocycles. The lowest BCUT2D eigenvalue weighted by atomic mass is 10.1. The summed E-state index contributed by atoms with van der Waals surface area (Å²) < 4.78 is 5.13. The minimum Gasteiger partial charge on any atom is -0.380 e. The molecule has 2 heteroatoms. The van der Waals surface area contributed by atoms with Crippen molar-refractivity contribution in [2.75, 3.05) is 14.2 Å². The third-order valence-electron chi connectivity index (χ3n) is 2.03. The van der Waals surface area contributed by atoms with Crippen LogP contribution in [0.1, 0.15) is 16.7 Å². The predicted molar refractivity (Wildman–Crippen MR) is 54.7 cm³/mol. The summed E-state index contributed by atoms with van der Waals surface area (Å²) >= 11 is 0. The van der Waals surface area contributed by atoms with E-state index in [4.69, 9.17) is 4.74 Å². The molecule has 0 saturated heterocycles. The molecule has 0 aliphatic carbocycles. The molecule has 0 aliphatic heterocycles. The summed E-state index contributed by atoms with van der Waals surface area (Å²) in [5.41, 5.74) is 3.89. The van der Waals surface area contributed by atoms with Crippen LogP contribution in [0.3, 0.4) is 0 Å². The van der Waals surface area contributed by atoms with Crippen LogP contribution in [-0.2, 0) is 17.9 Å². The number of methoxy groups -OCH3 is 1. The fourth-order valence-electron chi connectivity index (χ4n) is 1.41. The molecule has 0 atom stereocenters. The van der Waals surface area contributed by atoms with E-state index in [0.29, 0.717) is 6.61 Å². The lowest BCUT2D eigenvalue weighted by Crippen LogP contribution is -2.08. The van der Waals surface area contributed by atoms with Crippen LogP contribution in [0.4, 0.5) is 0 Å². The lowest BCUT2D eigenvalue weighted by Gasteiger charge is -2.09. The normalized spacial score (nSPS) is 10.4. The Labute approximate surface area is 79.9 Å². The zero-order chi connectivity index (χ0) is 9.68. The SMILES string of the molecule is CNCc1cc(C)ccc1COC. The summed E-state index contributed by atoms with van der Waals surface area (Å²) in [6.07, 6.45) is 0. The first-order valence-electron chi connectivity index (χ1n) is 4.50. The van der Waals surface area contributed by atoms with Gasteiger partial charge in [-0.1, -0.05) is 23.8 Å². The van der Waals surface area contributed by atoms with Gasteiger partial charge >= 0.3 is 0 Å². The molecule has 0 aromatic heterocycles. The monoisotopic (exact) mass is 179 g/mol. The minimum absolute atomic E-state index is 0.692. The average Bonchev–Trinajstić information content (AvgIpc) is 2.10. The first kappa shape index (κ1) is 10.2. The van der Waals surface area contributed by atoms with E-state index in [1.807, 2.05) is 7.05 Å². The quantitative estimate of drug-likeness (QED) is 0.761. The van der Waals surface area contributed by atoms with Crippen LogP contribution in [0.2, 0.25) is 0 Å². The maximum absolute atomic E-state index is 5.13. The van der Waals surface area contributed by atoms with Crippen LogP contribution in [0.5, 0.6) is 0 Å². The Balaban J connectivity index is 2.89. The van der Waals surface area contributed by atoms with Gasteiger partial charge in [-0.2, -0.15) is 0 Å². The summed E-state index contributed by atoms with van der Waals surface area (Å²) in [4.78, 5) is 0. The van der Waals surface area contributed by atoms with Gasteiger partial charge in [-0.15, -0.1) is 0 Å². The van der Waals surface area contributed by atoms with Gasteiger partial charge in [-0.25, -0.2) is 0 Å². The first-order valence-corrected chi connectivity index (χ1v) is 4.50. The highest BCUT2D eigenvalue weighted by Gasteiger charge is 2.00. The van der Waals surface area contributed by atoms with Crippen molar-refractivity contribution in [3.63, 3.8) is 0 Å². The second-order valence-corrected chi connectivity index (χ2v) is 3.24. The molecule has 0 fully saturated rings. The Hall–Kier alpha value is -0.860. The molecule has 1 aromatic carbocycles. The van der Waals surface area contributed by atoms with Crippen molar-refractivity contribution >= 4 is 0 Å². The van der Waals surface area contributed by atoms with Gasteiger partial charge in [0, 0.05) is 13.7 Å². The number of rotatable bonds is 4. The van der Waals surface area contributed by atoms with Crippen LogP contribution < -0.4 is 5.32 Å². The second-order valence-electron chi connectivity index (χ2n) is 3.24. The molecule has 2 nitrogen and oxygen atoms in total. The molecule has 0 spiro atoms. The van der Waals surface area contributed by atoms with Crippen molar-refractivity contribution in [2.24, 2.45) is 0 Å². The van der Waals surface area contributed by atoms with E-state index >= 15 is 0 Å². The number of ether oxygens (including phenoxy) is 1. The van der Waals surface area contributed by atoms with Crippen LogP contribution in [0, 0.1) is 6.92 Å². The fraction of sp³-hybridized carbons (Fsp3) is 0.455. The smallest absolute Gasteiger partial charge is 0.0716 e. The van der Waals surface area contributed by atoms with Crippen LogP contribution in [0.25, 0.3) is 0 Å². The average molecular weight is 179 g/mol. The van der Waals surface area contributed by atoms with Crippen molar-refractivity contribution < 1.29 is 4.74 Å². The number of nitrogens with one attached hydrogen (secondary N) is 1. The van der Waals surface area contributed by atoms with Crippen LogP contribution in [0.15, 0.2) is 18.2 Å². The predicted octanol–water partition coefficient (Wildman–Crippen LogP) is 1.86. The van der Waals surface area contributed by atoms with E-state index in [1.54, 1.807) is 7.11 Å². The summed E-state index contributed by atoms with van der Waals surface area (Å²) in [6.45, 7) is 3.70. The molecule has 0 radical (unpaired) electrons. The van der Waals surface area contributed by atoms with Gasteiger partial charge in [0.05, 0.1) is 6.61 Å². The Bertz CT molecular complexity index is 271. The molecule has 0 amide bonds. The van der Waals surface area contributed by atoms with Crippen molar-refractivity contribution in [1.29, 1.82) is 0 Å². The summed E-state index contributed by atoms with van der Waals surface area (Å²) in [5, 5.41) is 3.15. The van der Waals surface area contributed by atoms with Crippen molar-refractivity contribution in [3.05, 3.63) is 34.9 Å². The first-order chi connectivity index (χ1) is 6.27. The van der Waals surface area contributed by atoms with E-state index in [2.05, 4.69) is 30.4 Å². The highest BCUT2D eigenvalue weighted by Crippen LogP contribution is 2.12. The zero-order valence-electron chi connectivity index (χ0n) is 8.55. The zero-order valence-corrected chi connectivity index (χ0v) is 8.55. The van der Waals surface area contributed by atoms with Gasteiger partial charge in [0.1, 0.15) is 0 Å². The number of benzene rings is 1. The van der Waals surface area contributed by atoms with E-state index in [0.717, 1.165) is 6.54 Å². The summed E-state index contributed by atoms with van der Waals surface area (Å²) in [6, 6.07) is 6.45. The molecule has 1 rings (SSSR count).